The predicted molar refractivity (Wildman–Crippen MR) is 143 cm³/mol. The number of nitrogens with two attached hydrogens (primary N) is 1. The number of nitrogen functional groups attached to an aromatic ring is 1. The second-order valence-electron chi connectivity index (χ2n) is 8.50. The standard InChI is InChI=1S/C28H27N7O/c1-18-13-23-22(10-12-31-28(23)29)19(2)24(18)16-33-26-14-25(34-17-35-26)32-15-20-6-8-21(9-7-20)36-27-5-3-4-11-30-27/h3-14,17H,15-16H2,1-2H3,(H2,29,31)(H2,32,33,34,35). The van der Waals surface area contributed by atoms with Gasteiger partial charge in [0.1, 0.15) is 29.5 Å². The van der Waals surface area contributed by atoms with Gasteiger partial charge in [0.05, 0.1) is 0 Å². The van der Waals surface area contributed by atoms with Gasteiger partial charge in [0, 0.05) is 43.0 Å². The van der Waals surface area contributed by atoms with Crippen molar-refractivity contribution in [3.63, 3.8) is 0 Å². The van der Waals surface area contributed by atoms with Crippen molar-refractivity contribution < 1.29 is 4.74 Å². The summed E-state index contributed by atoms with van der Waals surface area (Å²) in [5.74, 6) is 3.36. The van der Waals surface area contributed by atoms with Gasteiger partial charge in [0.2, 0.25) is 5.88 Å². The summed E-state index contributed by atoms with van der Waals surface area (Å²) in [6, 6.07) is 19.5. The average molecular weight is 478 g/mol. The van der Waals surface area contributed by atoms with Gasteiger partial charge in [-0.1, -0.05) is 18.2 Å². The summed E-state index contributed by atoms with van der Waals surface area (Å²) in [4.78, 5) is 17.1. The molecule has 0 aliphatic heterocycles. The van der Waals surface area contributed by atoms with Crippen LogP contribution in [-0.4, -0.2) is 19.9 Å². The van der Waals surface area contributed by atoms with Crippen molar-refractivity contribution in [2.45, 2.75) is 26.9 Å². The van der Waals surface area contributed by atoms with Crippen LogP contribution >= 0.6 is 0 Å². The number of nitrogens with one attached hydrogen (secondary N) is 2. The normalized spacial score (nSPS) is 10.8. The van der Waals surface area contributed by atoms with Crippen LogP contribution in [-0.2, 0) is 13.1 Å². The lowest BCUT2D eigenvalue weighted by atomic mass is 9.96. The van der Waals surface area contributed by atoms with E-state index in [1.807, 2.05) is 54.6 Å². The van der Waals surface area contributed by atoms with Crippen molar-refractivity contribution in [2.24, 2.45) is 0 Å². The minimum absolute atomic E-state index is 0.556. The van der Waals surface area contributed by atoms with Gasteiger partial charge in [-0.05, 0) is 71.8 Å². The van der Waals surface area contributed by atoms with E-state index in [1.165, 1.54) is 11.1 Å². The summed E-state index contributed by atoms with van der Waals surface area (Å²) in [7, 11) is 0. The van der Waals surface area contributed by atoms with Gasteiger partial charge in [-0.2, -0.15) is 0 Å². The molecule has 0 fully saturated rings. The molecule has 5 rings (SSSR count). The second kappa shape index (κ2) is 10.3. The lowest BCUT2D eigenvalue weighted by molar-refractivity contribution is 0.463. The van der Waals surface area contributed by atoms with Crippen molar-refractivity contribution in [2.75, 3.05) is 16.4 Å². The van der Waals surface area contributed by atoms with Crippen LogP contribution in [0.2, 0.25) is 0 Å². The highest BCUT2D eigenvalue weighted by molar-refractivity contribution is 5.94. The third-order valence-corrected chi connectivity index (χ3v) is 6.08. The molecule has 0 aliphatic rings. The minimum atomic E-state index is 0.556. The minimum Gasteiger partial charge on any atom is -0.439 e. The largest absolute Gasteiger partial charge is 0.439 e. The lowest BCUT2D eigenvalue weighted by Crippen LogP contribution is -2.07. The van der Waals surface area contributed by atoms with Gasteiger partial charge in [-0.25, -0.2) is 19.9 Å². The molecule has 5 aromatic rings. The third kappa shape index (κ3) is 5.17. The molecule has 0 amide bonds. The Morgan fingerprint density at radius 3 is 2.31 bits per heavy atom. The maximum absolute atomic E-state index is 6.08. The average Bonchev–Trinajstić information content (AvgIpc) is 2.90. The number of ether oxygens (including phenoxy) is 1. The van der Waals surface area contributed by atoms with Crippen molar-refractivity contribution in [1.29, 1.82) is 0 Å². The SMILES string of the molecule is Cc1cc2c(N)nccc2c(C)c1CNc1cc(NCc2ccc(Oc3ccccn3)cc2)ncn1. The fourth-order valence-corrected chi connectivity index (χ4v) is 4.13. The Morgan fingerprint density at radius 2 is 1.56 bits per heavy atom. The van der Waals surface area contributed by atoms with Crippen LogP contribution in [0, 0.1) is 13.8 Å². The van der Waals surface area contributed by atoms with Crippen LogP contribution in [0.3, 0.4) is 0 Å². The van der Waals surface area contributed by atoms with Crippen LogP contribution in [0.1, 0.15) is 22.3 Å². The zero-order valence-electron chi connectivity index (χ0n) is 20.2. The Hall–Kier alpha value is -4.72. The molecule has 0 bridgehead atoms. The molecule has 3 aromatic heterocycles. The van der Waals surface area contributed by atoms with E-state index in [2.05, 4.69) is 50.5 Å². The van der Waals surface area contributed by atoms with Crippen LogP contribution in [0.15, 0.2) is 79.4 Å². The first-order valence-electron chi connectivity index (χ1n) is 11.7. The molecular formula is C28H27N7O. The second-order valence-corrected chi connectivity index (χ2v) is 8.50. The number of aromatic nitrogens is 4. The summed E-state index contributed by atoms with van der Waals surface area (Å²) in [5, 5.41) is 8.89. The van der Waals surface area contributed by atoms with Gasteiger partial charge < -0.3 is 21.1 Å². The number of aryl methyl sites for hydroxylation is 2. The lowest BCUT2D eigenvalue weighted by Gasteiger charge is -2.15. The van der Waals surface area contributed by atoms with Gasteiger partial charge in [-0.15, -0.1) is 0 Å². The fourth-order valence-electron chi connectivity index (χ4n) is 4.13. The first-order chi connectivity index (χ1) is 17.6. The van der Waals surface area contributed by atoms with E-state index in [4.69, 9.17) is 10.5 Å². The molecule has 0 unspecified atom stereocenters. The molecule has 2 aromatic carbocycles. The number of nitrogens with zero attached hydrogens (tertiary/aromatic N) is 4. The number of rotatable bonds is 8. The summed E-state index contributed by atoms with van der Waals surface area (Å²) in [5.41, 5.74) is 10.7. The highest BCUT2D eigenvalue weighted by Gasteiger charge is 2.10. The summed E-state index contributed by atoms with van der Waals surface area (Å²) in [6.45, 7) is 5.48. The molecule has 0 saturated carbocycles. The van der Waals surface area contributed by atoms with Gasteiger partial charge >= 0.3 is 0 Å². The molecule has 0 aliphatic carbocycles. The maximum Gasteiger partial charge on any atom is 0.219 e. The van der Waals surface area contributed by atoms with Gasteiger partial charge in [-0.3, -0.25) is 0 Å². The van der Waals surface area contributed by atoms with Crippen molar-refractivity contribution in [1.82, 2.24) is 19.9 Å². The van der Waals surface area contributed by atoms with E-state index < -0.39 is 0 Å². The molecule has 3 heterocycles. The van der Waals surface area contributed by atoms with Crippen LogP contribution < -0.4 is 21.1 Å². The Labute approximate surface area is 209 Å². The van der Waals surface area contributed by atoms with Crippen LogP contribution in [0.4, 0.5) is 17.5 Å². The van der Waals surface area contributed by atoms with Crippen molar-refractivity contribution in [3.8, 4) is 11.6 Å². The molecule has 36 heavy (non-hydrogen) atoms. The molecule has 4 N–H and O–H groups in total. The number of hydrogen-bond acceptors (Lipinski definition) is 8. The zero-order valence-corrected chi connectivity index (χ0v) is 20.2. The Balaban J connectivity index is 1.21. The molecular weight excluding hydrogens is 450 g/mol. The topological polar surface area (TPSA) is 111 Å². The Kier molecular flexibility index (Phi) is 6.57. The molecule has 180 valence electrons. The Bertz CT molecular complexity index is 1490. The highest BCUT2D eigenvalue weighted by Crippen LogP contribution is 2.28. The number of benzene rings is 2. The van der Waals surface area contributed by atoms with E-state index in [-0.39, 0.29) is 0 Å². The van der Waals surface area contributed by atoms with Crippen LogP contribution in [0.5, 0.6) is 11.6 Å². The first-order valence-corrected chi connectivity index (χ1v) is 11.7. The zero-order chi connectivity index (χ0) is 24.9. The van der Waals surface area contributed by atoms with Crippen molar-refractivity contribution >= 4 is 28.2 Å². The Morgan fingerprint density at radius 1 is 0.778 bits per heavy atom. The van der Waals surface area contributed by atoms with Crippen molar-refractivity contribution in [3.05, 3.63) is 102 Å². The molecule has 0 spiro atoms. The highest BCUT2D eigenvalue weighted by atomic mass is 16.5. The molecule has 8 nitrogen and oxygen atoms in total. The monoisotopic (exact) mass is 477 g/mol. The van der Waals surface area contributed by atoms with E-state index in [9.17, 15) is 0 Å². The van der Waals surface area contributed by atoms with E-state index >= 15 is 0 Å². The maximum atomic E-state index is 6.08. The quantitative estimate of drug-likeness (QED) is 0.263. The number of hydrogen-bond donors (Lipinski definition) is 3. The predicted octanol–water partition coefficient (Wildman–Crippen LogP) is 5.64. The molecule has 0 atom stereocenters. The fraction of sp³-hybridized carbons (Fsp3) is 0.143. The number of pyridine rings is 2. The summed E-state index contributed by atoms with van der Waals surface area (Å²) < 4.78 is 5.75. The summed E-state index contributed by atoms with van der Waals surface area (Å²) >= 11 is 0. The first kappa shape index (κ1) is 23.0. The van der Waals surface area contributed by atoms with Crippen LogP contribution in [0.25, 0.3) is 10.8 Å². The summed E-state index contributed by atoms with van der Waals surface area (Å²) in [6.07, 6.45) is 5.01. The third-order valence-electron chi connectivity index (χ3n) is 6.08. The molecule has 8 heteroatoms. The van der Waals surface area contributed by atoms with Gasteiger partial charge in [0.25, 0.3) is 0 Å². The number of fused-ring (bicyclic) bond motifs is 1. The van der Waals surface area contributed by atoms with E-state index in [0.717, 1.165) is 39.3 Å². The smallest absolute Gasteiger partial charge is 0.219 e. The van der Waals surface area contributed by atoms with Gasteiger partial charge in [0.15, 0.2) is 0 Å². The van der Waals surface area contributed by atoms with E-state index in [0.29, 0.717) is 24.8 Å². The molecule has 0 saturated heterocycles. The number of anilines is 3. The molecule has 0 radical (unpaired) electrons. The van der Waals surface area contributed by atoms with E-state index in [1.54, 1.807) is 18.7 Å².